The lowest BCUT2D eigenvalue weighted by Crippen LogP contribution is -2.56. The van der Waals surface area contributed by atoms with Gasteiger partial charge in [0.2, 0.25) is 11.8 Å². The zero-order chi connectivity index (χ0) is 20.8. The first-order chi connectivity index (χ1) is 13.7. The summed E-state index contributed by atoms with van der Waals surface area (Å²) in [7, 11) is 4.02. The van der Waals surface area contributed by atoms with E-state index in [1.165, 1.54) is 30.6 Å². The van der Waals surface area contributed by atoms with Gasteiger partial charge in [-0.1, -0.05) is 0 Å². The molecule has 0 aliphatic heterocycles. The van der Waals surface area contributed by atoms with E-state index in [0.29, 0.717) is 11.7 Å². The smallest absolute Gasteiger partial charge is 0.245 e. The third kappa shape index (κ3) is 4.36. The Morgan fingerprint density at radius 2 is 1.66 bits per heavy atom. The van der Waals surface area contributed by atoms with Crippen LogP contribution in [0.2, 0.25) is 0 Å². The van der Waals surface area contributed by atoms with Gasteiger partial charge in [0.15, 0.2) is 5.13 Å². The molecule has 1 aromatic rings. The van der Waals surface area contributed by atoms with E-state index in [9.17, 15) is 9.59 Å². The van der Waals surface area contributed by atoms with Crippen LogP contribution in [0.5, 0.6) is 0 Å². The lowest BCUT2D eigenvalue weighted by molar-refractivity contribution is -0.158. The second-order valence-corrected chi connectivity index (χ2v) is 11.1. The number of hydrogen-bond acceptors (Lipinski definition) is 5. The quantitative estimate of drug-likeness (QED) is 0.738. The molecule has 2 amide bonds. The Bertz CT molecular complexity index is 733. The Hall–Kier alpha value is -1.47. The third-order valence-electron chi connectivity index (χ3n) is 7.21. The van der Waals surface area contributed by atoms with Crippen molar-refractivity contribution >= 4 is 28.3 Å². The fraction of sp³-hybridized carbons (Fsp3) is 0.773. The molecule has 4 aliphatic carbocycles. The van der Waals surface area contributed by atoms with Crippen LogP contribution < -0.4 is 5.32 Å². The summed E-state index contributed by atoms with van der Waals surface area (Å²) in [4.78, 5) is 36.0. The van der Waals surface area contributed by atoms with Crippen LogP contribution in [0.15, 0.2) is 0 Å². The molecule has 1 aromatic heterocycles. The number of carbonyl (C=O) groups excluding carboxylic acids is 2. The molecule has 0 unspecified atom stereocenters. The van der Waals surface area contributed by atoms with Gasteiger partial charge < -0.3 is 15.1 Å². The highest BCUT2D eigenvalue weighted by atomic mass is 32.1. The van der Waals surface area contributed by atoms with E-state index in [1.807, 2.05) is 32.8 Å². The van der Waals surface area contributed by atoms with Crippen LogP contribution in [0.1, 0.15) is 49.1 Å². The third-order valence-corrected chi connectivity index (χ3v) is 8.19. The molecule has 0 spiro atoms. The van der Waals surface area contributed by atoms with Gasteiger partial charge in [0, 0.05) is 18.0 Å². The highest BCUT2D eigenvalue weighted by Crippen LogP contribution is 2.60. The number of anilines is 1. The summed E-state index contributed by atoms with van der Waals surface area (Å²) in [5.41, 5.74) is 0.731. The normalized spacial score (nSPS) is 30.0. The number of nitrogens with zero attached hydrogens (tertiary/aromatic N) is 3. The van der Waals surface area contributed by atoms with Gasteiger partial charge in [-0.05, 0) is 84.2 Å². The first-order valence-electron chi connectivity index (χ1n) is 10.9. The molecular formula is C22H34N4O2S. The van der Waals surface area contributed by atoms with Gasteiger partial charge in [0.05, 0.1) is 17.7 Å². The van der Waals surface area contributed by atoms with Gasteiger partial charge in [-0.2, -0.15) is 0 Å². The maximum Gasteiger partial charge on any atom is 0.245 e. The van der Waals surface area contributed by atoms with Gasteiger partial charge in [0.25, 0.3) is 0 Å². The monoisotopic (exact) mass is 418 g/mol. The Labute approximate surface area is 178 Å². The van der Waals surface area contributed by atoms with Crippen molar-refractivity contribution in [1.82, 2.24) is 14.8 Å². The number of thiazole rings is 1. The van der Waals surface area contributed by atoms with Crippen LogP contribution in [-0.4, -0.2) is 60.3 Å². The molecule has 7 heteroatoms. The fourth-order valence-electron chi connectivity index (χ4n) is 6.14. The number of hydrogen-bond donors (Lipinski definition) is 1. The Morgan fingerprint density at radius 3 is 2.14 bits per heavy atom. The molecule has 1 N–H and O–H groups in total. The van der Waals surface area contributed by atoms with Crippen molar-refractivity contribution in [3.05, 3.63) is 10.6 Å². The van der Waals surface area contributed by atoms with E-state index in [2.05, 4.69) is 15.2 Å². The maximum atomic E-state index is 13.8. The summed E-state index contributed by atoms with van der Waals surface area (Å²) in [6.45, 7) is 5.42. The summed E-state index contributed by atoms with van der Waals surface area (Å²) in [6, 6.07) is 0. The average molecular weight is 419 g/mol. The van der Waals surface area contributed by atoms with Crippen LogP contribution in [-0.2, 0) is 9.59 Å². The zero-order valence-electron chi connectivity index (χ0n) is 18.2. The van der Waals surface area contributed by atoms with E-state index in [-0.39, 0.29) is 23.8 Å². The van der Waals surface area contributed by atoms with Gasteiger partial charge in [-0.25, -0.2) is 4.98 Å². The zero-order valence-corrected chi connectivity index (χ0v) is 19.0. The lowest BCUT2D eigenvalue weighted by Gasteiger charge is -2.56. The molecular weight excluding hydrogens is 384 g/mol. The number of amides is 2. The van der Waals surface area contributed by atoms with E-state index >= 15 is 0 Å². The number of likely N-dealkylation sites (N-methyl/N-ethyl adjacent to an activating group) is 1. The number of rotatable bonds is 7. The Morgan fingerprint density at radius 1 is 1.07 bits per heavy atom. The number of aromatic nitrogens is 1. The minimum atomic E-state index is -0.213. The molecule has 4 aliphatic rings. The van der Waals surface area contributed by atoms with Crippen molar-refractivity contribution in [3.8, 4) is 0 Å². The summed E-state index contributed by atoms with van der Waals surface area (Å²) in [5.74, 6) is 2.23. The fourth-order valence-corrected chi connectivity index (χ4v) is 6.97. The van der Waals surface area contributed by atoms with E-state index in [0.717, 1.165) is 54.1 Å². The minimum absolute atomic E-state index is 0.117. The second-order valence-electron chi connectivity index (χ2n) is 9.94. The molecule has 0 radical (unpaired) electrons. The van der Waals surface area contributed by atoms with Crippen molar-refractivity contribution in [3.63, 3.8) is 0 Å². The van der Waals surface area contributed by atoms with Crippen molar-refractivity contribution in [2.75, 3.05) is 39.0 Å². The van der Waals surface area contributed by atoms with Crippen molar-refractivity contribution in [1.29, 1.82) is 0 Å². The van der Waals surface area contributed by atoms with Crippen LogP contribution in [0.3, 0.4) is 0 Å². The number of carbonyl (C=O) groups is 2. The minimum Gasteiger partial charge on any atom is -0.332 e. The molecule has 6 nitrogen and oxygen atoms in total. The highest BCUT2D eigenvalue weighted by molar-refractivity contribution is 7.15. The van der Waals surface area contributed by atoms with Crippen LogP contribution in [0.25, 0.3) is 0 Å². The predicted octanol–water partition coefficient (Wildman–Crippen LogP) is 3.31. The van der Waals surface area contributed by atoms with Crippen molar-refractivity contribution in [2.24, 2.45) is 23.2 Å². The number of nitrogens with one attached hydrogen (secondary N) is 1. The van der Waals surface area contributed by atoms with E-state index in [4.69, 9.17) is 0 Å². The largest absolute Gasteiger partial charge is 0.332 e. The molecule has 29 heavy (non-hydrogen) atoms. The first kappa shape index (κ1) is 20.8. The van der Waals surface area contributed by atoms with E-state index < -0.39 is 0 Å². The summed E-state index contributed by atoms with van der Waals surface area (Å²) >= 11 is 1.49. The molecule has 4 bridgehead atoms. The molecule has 4 fully saturated rings. The van der Waals surface area contributed by atoms with Gasteiger partial charge in [-0.15, -0.1) is 11.3 Å². The SMILES string of the molecule is Cc1nc(NC(=O)CN(CCN(C)C)C(=O)C23CC4CC(CC(C4)C2)C3)sc1C. The first-order valence-corrected chi connectivity index (χ1v) is 11.7. The molecule has 0 saturated heterocycles. The Balaban J connectivity index is 1.47. The van der Waals surface area contributed by atoms with Crippen LogP contribution >= 0.6 is 11.3 Å². The van der Waals surface area contributed by atoms with Gasteiger partial charge >= 0.3 is 0 Å². The lowest BCUT2D eigenvalue weighted by atomic mass is 9.49. The van der Waals surface area contributed by atoms with Crippen molar-refractivity contribution < 1.29 is 9.59 Å². The van der Waals surface area contributed by atoms with E-state index in [1.54, 1.807) is 0 Å². The maximum absolute atomic E-state index is 13.8. The molecule has 5 rings (SSSR count). The molecule has 0 aromatic carbocycles. The second kappa shape index (κ2) is 7.99. The summed E-state index contributed by atoms with van der Waals surface area (Å²) in [6.07, 6.45) is 7.03. The average Bonchev–Trinajstić information content (AvgIpc) is 2.93. The van der Waals surface area contributed by atoms with Crippen LogP contribution in [0, 0.1) is 37.0 Å². The standard InChI is InChI=1S/C22H34N4O2S/c1-14-15(2)29-21(23-14)24-19(27)13-26(6-5-25(3)4)20(28)22-10-16-7-17(11-22)9-18(8-16)12-22/h16-18H,5-13H2,1-4H3,(H,23,24,27). The number of aryl methyl sites for hydroxylation is 2. The summed E-state index contributed by atoms with van der Waals surface area (Å²) in [5, 5.41) is 3.54. The van der Waals surface area contributed by atoms with Crippen LogP contribution in [0.4, 0.5) is 5.13 Å². The molecule has 1 heterocycles. The predicted molar refractivity (Wildman–Crippen MR) is 116 cm³/mol. The van der Waals surface area contributed by atoms with Crippen molar-refractivity contribution in [2.45, 2.75) is 52.4 Å². The van der Waals surface area contributed by atoms with Gasteiger partial charge in [-0.3, -0.25) is 9.59 Å². The van der Waals surface area contributed by atoms with Gasteiger partial charge in [0.1, 0.15) is 0 Å². The highest BCUT2D eigenvalue weighted by Gasteiger charge is 2.55. The summed E-state index contributed by atoms with van der Waals surface area (Å²) < 4.78 is 0. The topological polar surface area (TPSA) is 65.5 Å². The molecule has 0 atom stereocenters. The molecule has 4 saturated carbocycles. The Kier molecular flexibility index (Phi) is 5.73. The molecule has 160 valence electrons.